The van der Waals surface area contributed by atoms with Crippen molar-refractivity contribution in [3.8, 4) is 0 Å². The van der Waals surface area contributed by atoms with Gasteiger partial charge in [0.1, 0.15) is 11.6 Å². The lowest BCUT2D eigenvalue weighted by molar-refractivity contribution is -0.130. The molecule has 1 spiro atoms. The van der Waals surface area contributed by atoms with Crippen molar-refractivity contribution in [2.45, 2.75) is 57.5 Å². The molecule has 2 aromatic rings. The molecule has 142 valence electrons. The van der Waals surface area contributed by atoms with Gasteiger partial charge in [0.25, 0.3) is 0 Å². The second-order valence-electron chi connectivity index (χ2n) is 8.40. The maximum absolute atomic E-state index is 12.3. The van der Waals surface area contributed by atoms with Crippen LogP contribution in [-0.2, 0) is 11.3 Å². The maximum Gasteiger partial charge on any atom is 0.220 e. The van der Waals surface area contributed by atoms with Crippen LogP contribution in [0.1, 0.15) is 56.3 Å². The van der Waals surface area contributed by atoms with Gasteiger partial charge in [-0.1, -0.05) is 0 Å². The topological polar surface area (TPSA) is 49.3 Å². The molecule has 3 aliphatic rings. The van der Waals surface area contributed by atoms with Crippen LogP contribution < -0.4 is 4.90 Å². The highest BCUT2D eigenvalue weighted by Crippen LogP contribution is 2.57. The van der Waals surface area contributed by atoms with Crippen LogP contribution in [0.4, 0.5) is 5.82 Å². The third-order valence-electron chi connectivity index (χ3n) is 6.55. The van der Waals surface area contributed by atoms with E-state index in [4.69, 9.17) is 4.98 Å². The smallest absolute Gasteiger partial charge is 0.220 e. The van der Waals surface area contributed by atoms with Gasteiger partial charge in [-0.3, -0.25) is 4.79 Å². The van der Waals surface area contributed by atoms with Crippen LogP contribution >= 0.6 is 11.3 Å². The third-order valence-corrected chi connectivity index (χ3v) is 7.28. The van der Waals surface area contributed by atoms with Gasteiger partial charge in [0, 0.05) is 44.7 Å². The van der Waals surface area contributed by atoms with Crippen LogP contribution in [0.15, 0.2) is 29.1 Å². The molecule has 3 heterocycles. The lowest BCUT2D eigenvalue weighted by Gasteiger charge is -2.35. The number of carbonyl (C=O) groups excluding carboxylic acids is 1. The normalized spacial score (nSPS) is 23.4. The van der Waals surface area contributed by atoms with Crippen LogP contribution in [0, 0.1) is 5.41 Å². The fraction of sp³-hybridized carbons (Fsp3) is 0.571. The highest BCUT2D eigenvalue weighted by atomic mass is 32.1. The Morgan fingerprint density at radius 2 is 2.15 bits per heavy atom. The van der Waals surface area contributed by atoms with E-state index in [-0.39, 0.29) is 5.91 Å². The summed E-state index contributed by atoms with van der Waals surface area (Å²) in [6.45, 7) is 4.53. The molecule has 3 fully saturated rings. The monoisotopic (exact) mass is 382 g/mol. The predicted octanol–water partition coefficient (Wildman–Crippen LogP) is 3.82. The van der Waals surface area contributed by atoms with Crippen LogP contribution in [0.25, 0.3) is 0 Å². The minimum atomic E-state index is 0.204. The lowest BCUT2D eigenvalue weighted by atomic mass is 9.92. The molecule has 27 heavy (non-hydrogen) atoms. The van der Waals surface area contributed by atoms with Crippen molar-refractivity contribution >= 4 is 23.1 Å². The Bertz CT molecular complexity index is 824. The highest BCUT2D eigenvalue weighted by Gasteiger charge is 2.58. The number of carbonyl (C=O) groups is 1. The highest BCUT2D eigenvalue weighted by molar-refractivity contribution is 7.07. The van der Waals surface area contributed by atoms with E-state index in [9.17, 15) is 4.79 Å². The van der Waals surface area contributed by atoms with Gasteiger partial charge in [-0.05, 0) is 66.0 Å². The predicted molar refractivity (Wildman–Crippen MR) is 107 cm³/mol. The largest absolute Gasteiger partial charge is 0.356 e. The molecule has 1 saturated heterocycles. The Labute approximate surface area is 164 Å². The van der Waals surface area contributed by atoms with Crippen LogP contribution in [0.2, 0.25) is 0 Å². The first-order valence-corrected chi connectivity index (χ1v) is 11.0. The Morgan fingerprint density at radius 1 is 1.33 bits per heavy atom. The second-order valence-corrected chi connectivity index (χ2v) is 9.18. The summed E-state index contributed by atoms with van der Waals surface area (Å²) in [6, 6.07) is 4.59. The average Bonchev–Trinajstić information content (AvgIpc) is 3.59. The molecular formula is C21H26N4OS. The molecule has 0 aromatic carbocycles. The maximum atomic E-state index is 12.3. The number of hydrogen-bond donors (Lipinski definition) is 0. The van der Waals surface area contributed by atoms with Crippen molar-refractivity contribution < 1.29 is 4.79 Å². The Kier molecular flexibility index (Phi) is 4.19. The summed E-state index contributed by atoms with van der Waals surface area (Å²) < 4.78 is 0. The number of amides is 1. The molecule has 0 N–H and O–H groups in total. The minimum Gasteiger partial charge on any atom is -0.356 e. The average molecular weight is 383 g/mol. The van der Waals surface area contributed by atoms with Gasteiger partial charge >= 0.3 is 0 Å². The molecule has 1 unspecified atom stereocenters. The van der Waals surface area contributed by atoms with Crippen molar-refractivity contribution in [1.29, 1.82) is 0 Å². The number of piperidine rings is 1. The van der Waals surface area contributed by atoms with E-state index >= 15 is 0 Å². The van der Waals surface area contributed by atoms with Gasteiger partial charge < -0.3 is 9.80 Å². The molecule has 1 amide bonds. The van der Waals surface area contributed by atoms with E-state index in [1.54, 1.807) is 18.3 Å². The van der Waals surface area contributed by atoms with Crippen LogP contribution in [0.3, 0.4) is 0 Å². The molecule has 1 aliphatic heterocycles. The number of anilines is 1. The van der Waals surface area contributed by atoms with Gasteiger partial charge in [-0.2, -0.15) is 11.3 Å². The number of thiophene rings is 1. The molecule has 0 radical (unpaired) electrons. The van der Waals surface area contributed by atoms with Gasteiger partial charge in [0.2, 0.25) is 5.91 Å². The van der Waals surface area contributed by atoms with E-state index in [2.05, 4.69) is 31.6 Å². The molecule has 0 bridgehead atoms. The number of rotatable bonds is 5. The SMILES string of the molecule is CC(=O)N(Cc1ccsc1)C1CC12CCN(c1ccnc(C3CC3)n1)CC2. The van der Waals surface area contributed by atoms with Crippen molar-refractivity contribution in [2.75, 3.05) is 18.0 Å². The molecule has 2 aliphatic carbocycles. The van der Waals surface area contributed by atoms with Gasteiger partial charge in [-0.15, -0.1) is 0 Å². The van der Waals surface area contributed by atoms with E-state index in [1.165, 1.54) is 18.4 Å². The minimum absolute atomic E-state index is 0.204. The molecule has 2 aromatic heterocycles. The van der Waals surface area contributed by atoms with Gasteiger partial charge in [0.15, 0.2) is 0 Å². The number of nitrogens with zero attached hydrogens (tertiary/aromatic N) is 4. The Hall–Kier alpha value is -1.95. The van der Waals surface area contributed by atoms with Gasteiger partial charge in [0.05, 0.1) is 0 Å². The van der Waals surface area contributed by atoms with Crippen molar-refractivity contribution in [1.82, 2.24) is 14.9 Å². The fourth-order valence-electron chi connectivity index (χ4n) is 4.58. The second kappa shape index (κ2) is 6.59. The summed E-state index contributed by atoms with van der Waals surface area (Å²) in [7, 11) is 0. The Balaban J connectivity index is 1.24. The summed E-state index contributed by atoms with van der Waals surface area (Å²) in [6.07, 6.45) is 7.83. The van der Waals surface area contributed by atoms with E-state index in [1.807, 2.05) is 12.3 Å². The zero-order chi connectivity index (χ0) is 18.4. The first-order valence-electron chi connectivity index (χ1n) is 10.0. The summed E-state index contributed by atoms with van der Waals surface area (Å²) in [5, 5.41) is 4.24. The van der Waals surface area contributed by atoms with Gasteiger partial charge in [-0.25, -0.2) is 9.97 Å². The Morgan fingerprint density at radius 3 is 2.81 bits per heavy atom. The molecule has 5 rings (SSSR count). The molecule has 5 nitrogen and oxygen atoms in total. The van der Waals surface area contributed by atoms with Crippen LogP contribution in [0.5, 0.6) is 0 Å². The summed E-state index contributed by atoms with van der Waals surface area (Å²) in [5.41, 5.74) is 1.58. The molecular weight excluding hydrogens is 356 g/mol. The summed E-state index contributed by atoms with van der Waals surface area (Å²) in [4.78, 5) is 26.0. The first-order chi connectivity index (χ1) is 13.1. The fourth-order valence-corrected chi connectivity index (χ4v) is 5.24. The number of aromatic nitrogens is 2. The summed E-state index contributed by atoms with van der Waals surface area (Å²) in [5.74, 6) is 2.90. The van der Waals surface area contributed by atoms with E-state index < -0.39 is 0 Å². The summed E-state index contributed by atoms with van der Waals surface area (Å²) >= 11 is 1.70. The quantitative estimate of drug-likeness (QED) is 0.789. The van der Waals surface area contributed by atoms with E-state index in [0.717, 1.165) is 50.5 Å². The van der Waals surface area contributed by atoms with Crippen molar-refractivity contribution in [3.05, 3.63) is 40.5 Å². The van der Waals surface area contributed by atoms with Crippen molar-refractivity contribution in [3.63, 3.8) is 0 Å². The lowest BCUT2D eigenvalue weighted by Crippen LogP contribution is -2.40. The molecule has 2 saturated carbocycles. The molecule has 6 heteroatoms. The first kappa shape index (κ1) is 17.2. The zero-order valence-electron chi connectivity index (χ0n) is 15.8. The van der Waals surface area contributed by atoms with Crippen molar-refractivity contribution in [2.24, 2.45) is 5.41 Å². The third kappa shape index (κ3) is 3.35. The molecule has 1 atom stereocenters. The standard InChI is InChI=1S/C21H26N4OS/c1-15(26)25(13-16-5-11-27-14-16)18-12-21(18)6-9-24(10-7-21)19-4-8-22-20(23-19)17-2-3-17/h4-5,8,11,14,17-18H,2-3,6-7,9-10,12-13H2,1H3. The van der Waals surface area contributed by atoms with E-state index in [0.29, 0.717) is 17.4 Å². The van der Waals surface area contributed by atoms with Crippen LogP contribution in [-0.4, -0.2) is 39.9 Å². The number of hydrogen-bond acceptors (Lipinski definition) is 5. The zero-order valence-corrected chi connectivity index (χ0v) is 16.6.